The molecule has 25 heavy (non-hydrogen) atoms. The molecule has 2 aromatic heterocycles. The van der Waals surface area contributed by atoms with E-state index in [9.17, 15) is 10.1 Å². The molecule has 2 heterocycles. The number of carbonyl (C=O) groups excluding carboxylic acids is 1. The average Bonchev–Trinajstić information content (AvgIpc) is 3.21. The van der Waals surface area contributed by atoms with Crippen molar-refractivity contribution < 1.29 is 4.79 Å². The van der Waals surface area contributed by atoms with E-state index in [-0.39, 0.29) is 0 Å². The number of aryl methyl sites for hydroxylation is 1. The summed E-state index contributed by atoms with van der Waals surface area (Å²) in [5.41, 5.74) is 14.8. The van der Waals surface area contributed by atoms with E-state index in [0.29, 0.717) is 23.3 Å². The van der Waals surface area contributed by atoms with Gasteiger partial charge in [-0.3, -0.25) is 9.89 Å². The van der Waals surface area contributed by atoms with Crippen LogP contribution in [0, 0.1) is 24.2 Å². The third-order valence-electron chi connectivity index (χ3n) is 4.87. The molecule has 0 spiro atoms. The van der Waals surface area contributed by atoms with Crippen molar-refractivity contribution in [3.8, 4) is 17.2 Å². The smallest absolute Gasteiger partial charge is 0.231 e. The molecule has 8 heteroatoms. The third-order valence-corrected chi connectivity index (χ3v) is 4.87. The van der Waals surface area contributed by atoms with Crippen LogP contribution in [-0.4, -0.2) is 26.3 Å². The lowest BCUT2D eigenvalue weighted by molar-refractivity contribution is -0.120. The van der Waals surface area contributed by atoms with E-state index in [2.05, 4.69) is 26.5 Å². The van der Waals surface area contributed by atoms with Gasteiger partial charge in [0.25, 0.3) is 0 Å². The zero-order chi connectivity index (χ0) is 17.8. The van der Waals surface area contributed by atoms with Crippen LogP contribution in [0.3, 0.4) is 0 Å². The minimum absolute atomic E-state index is 0.370. The van der Waals surface area contributed by atoms with Crippen LogP contribution in [0.5, 0.6) is 0 Å². The molecule has 3 aromatic rings. The summed E-state index contributed by atoms with van der Waals surface area (Å²) >= 11 is 0. The summed E-state index contributed by atoms with van der Waals surface area (Å²) in [4.78, 5) is 11.9. The van der Waals surface area contributed by atoms with E-state index in [1.54, 1.807) is 12.3 Å². The van der Waals surface area contributed by atoms with Crippen LogP contribution in [-0.2, 0) is 10.2 Å². The van der Waals surface area contributed by atoms with E-state index >= 15 is 0 Å². The third kappa shape index (κ3) is 2.06. The number of benzene rings is 1. The molecule has 5 N–H and O–H groups in total. The number of primary amides is 1. The predicted molar refractivity (Wildman–Crippen MR) is 90.9 cm³/mol. The van der Waals surface area contributed by atoms with Gasteiger partial charge >= 0.3 is 0 Å². The van der Waals surface area contributed by atoms with Crippen LogP contribution in [0.2, 0.25) is 0 Å². The summed E-state index contributed by atoms with van der Waals surface area (Å²) in [6.07, 6.45) is 2.10. The summed E-state index contributed by atoms with van der Waals surface area (Å²) < 4.78 is 0. The number of aromatic nitrogens is 4. The van der Waals surface area contributed by atoms with E-state index in [1.165, 1.54) is 0 Å². The molecule has 1 aliphatic carbocycles. The van der Waals surface area contributed by atoms with Gasteiger partial charge in [-0.15, -0.1) is 5.10 Å². The quantitative estimate of drug-likeness (QED) is 0.613. The van der Waals surface area contributed by atoms with Gasteiger partial charge in [-0.05, 0) is 37.1 Å². The van der Waals surface area contributed by atoms with Crippen LogP contribution in [0.25, 0.3) is 22.0 Å². The van der Waals surface area contributed by atoms with Crippen molar-refractivity contribution in [1.29, 1.82) is 5.26 Å². The molecular formula is C17H15N7O. The Hall–Kier alpha value is -3.47. The van der Waals surface area contributed by atoms with E-state index in [1.807, 2.05) is 19.1 Å². The van der Waals surface area contributed by atoms with Crippen LogP contribution >= 0.6 is 0 Å². The van der Waals surface area contributed by atoms with Crippen molar-refractivity contribution in [3.63, 3.8) is 0 Å². The topological polar surface area (TPSA) is 147 Å². The Morgan fingerprint density at radius 1 is 1.40 bits per heavy atom. The van der Waals surface area contributed by atoms with Gasteiger partial charge in [0.05, 0.1) is 29.6 Å². The van der Waals surface area contributed by atoms with Gasteiger partial charge in [-0.2, -0.15) is 15.5 Å². The highest BCUT2D eigenvalue weighted by Crippen LogP contribution is 2.53. The molecule has 2 unspecified atom stereocenters. The summed E-state index contributed by atoms with van der Waals surface area (Å²) in [5, 5.41) is 25.1. The van der Waals surface area contributed by atoms with Crippen LogP contribution in [0.4, 0.5) is 5.69 Å². The van der Waals surface area contributed by atoms with Gasteiger partial charge in [0, 0.05) is 16.6 Å². The normalized spacial score (nSPS) is 21.8. The molecule has 0 aliphatic heterocycles. The second-order valence-electron chi connectivity index (χ2n) is 6.36. The number of hydrogen-bond acceptors (Lipinski definition) is 6. The van der Waals surface area contributed by atoms with Crippen molar-refractivity contribution in [2.45, 2.75) is 18.8 Å². The largest absolute Gasteiger partial charge is 0.397 e. The fourth-order valence-corrected chi connectivity index (χ4v) is 3.30. The predicted octanol–water partition coefficient (Wildman–Crippen LogP) is 1.18. The Labute approximate surface area is 142 Å². The van der Waals surface area contributed by atoms with Crippen LogP contribution in [0.15, 0.2) is 24.4 Å². The number of nitrogen functional groups attached to an aromatic ring is 1. The number of anilines is 1. The molecule has 1 aliphatic rings. The summed E-state index contributed by atoms with van der Waals surface area (Å²) in [6.45, 7) is 1.92. The number of rotatable bonds is 3. The Bertz CT molecular complexity index is 1060. The first-order chi connectivity index (χ1) is 12.0. The second-order valence-corrected chi connectivity index (χ2v) is 6.36. The molecule has 1 fully saturated rings. The zero-order valence-corrected chi connectivity index (χ0v) is 13.4. The lowest BCUT2D eigenvalue weighted by Crippen LogP contribution is -2.31. The number of fused-ring (bicyclic) bond motifs is 1. The zero-order valence-electron chi connectivity index (χ0n) is 13.4. The minimum atomic E-state index is -1.05. The lowest BCUT2D eigenvalue weighted by atomic mass is 9.96. The Kier molecular flexibility index (Phi) is 3.02. The molecule has 1 amide bonds. The highest BCUT2D eigenvalue weighted by atomic mass is 16.1. The van der Waals surface area contributed by atoms with Crippen molar-refractivity contribution in [3.05, 3.63) is 35.8 Å². The highest BCUT2D eigenvalue weighted by molar-refractivity contribution is 5.96. The summed E-state index contributed by atoms with van der Waals surface area (Å²) in [7, 11) is 0. The molecule has 8 nitrogen and oxygen atoms in total. The number of nitrogens with two attached hydrogens (primary N) is 2. The first kappa shape index (κ1) is 15.1. The molecule has 124 valence electrons. The SMILES string of the molecule is Cc1[nH]ncc1-c1cc(N)c2nnc(C3(C(N)=O)CC3C#N)cc2c1. The fourth-order valence-electron chi connectivity index (χ4n) is 3.30. The van der Waals surface area contributed by atoms with Gasteiger partial charge in [0.15, 0.2) is 0 Å². The van der Waals surface area contributed by atoms with E-state index < -0.39 is 17.2 Å². The standard InChI is InChI=1S/C17H15N7O/c1-8-12(7-21-22-8)9-2-10-4-14(23-24-15(10)13(19)3-9)17(16(20)25)5-11(17)6-18/h2-4,7,11H,5,19H2,1H3,(H2,20,25)(H,21,22). The number of nitrogens with one attached hydrogen (secondary N) is 1. The molecule has 1 saturated carbocycles. The van der Waals surface area contributed by atoms with Gasteiger partial charge in [0.1, 0.15) is 10.9 Å². The van der Waals surface area contributed by atoms with Crippen molar-refractivity contribution >= 4 is 22.5 Å². The second kappa shape index (κ2) is 5.01. The molecule has 0 bridgehead atoms. The maximum Gasteiger partial charge on any atom is 0.231 e. The van der Waals surface area contributed by atoms with Crippen LogP contribution < -0.4 is 11.5 Å². The minimum Gasteiger partial charge on any atom is -0.397 e. The fraction of sp³-hybridized carbons (Fsp3) is 0.235. The molecule has 2 atom stereocenters. The molecule has 4 rings (SSSR count). The van der Waals surface area contributed by atoms with E-state index in [0.717, 1.165) is 22.2 Å². The maximum absolute atomic E-state index is 11.9. The summed E-state index contributed by atoms with van der Waals surface area (Å²) in [5.74, 6) is -1.02. The van der Waals surface area contributed by atoms with Crippen molar-refractivity contribution in [2.75, 3.05) is 5.73 Å². The maximum atomic E-state index is 11.9. The number of aromatic amines is 1. The first-order valence-corrected chi connectivity index (χ1v) is 7.74. The van der Waals surface area contributed by atoms with Crippen molar-refractivity contribution in [1.82, 2.24) is 20.4 Å². The van der Waals surface area contributed by atoms with Gasteiger partial charge in [-0.25, -0.2) is 0 Å². The van der Waals surface area contributed by atoms with Crippen molar-refractivity contribution in [2.24, 2.45) is 11.7 Å². The number of nitriles is 1. The molecule has 0 saturated heterocycles. The monoisotopic (exact) mass is 333 g/mol. The lowest BCUT2D eigenvalue weighted by Gasteiger charge is -2.12. The number of nitrogens with zero attached hydrogens (tertiary/aromatic N) is 4. The van der Waals surface area contributed by atoms with Gasteiger partial charge in [-0.1, -0.05) is 0 Å². The Morgan fingerprint density at radius 3 is 2.80 bits per heavy atom. The van der Waals surface area contributed by atoms with Gasteiger partial charge in [0.2, 0.25) is 5.91 Å². The number of carbonyl (C=O) groups is 1. The highest BCUT2D eigenvalue weighted by Gasteiger charge is 2.62. The Morgan fingerprint density at radius 2 is 2.20 bits per heavy atom. The number of hydrogen-bond donors (Lipinski definition) is 3. The number of H-pyrrole nitrogens is 1. The summed E-state index contributed by atoms with van der Waals surface area (Å²) in [6, 6.07) is 7.58. The van der Waals surface area contributed by atoms with Gasteiger partial charge < -0.3 is 11.5 Å². The van der Waals surface area contributed by atoms with E-state index in [4.69, 9.17) is 11.5 Å². The molecule has 0 radical (unpaired) electrons. The molecular weight excluding hydrogens is 318 g/mol. The first-order valence-electron chi connectivity index (χ1n) is 7.74. The molecule has 1 aromatic carbocycles. The van der Waals surface area contributed by atoms with Crippen LogP contribution in [0.1, 0.15) is 17.8 Å². The number of amides is 1. The Balaban J connectivity index is 1.90. The average molecular weight is 333 g/mol.